The lowest BCUT2D eigenvalue weighted by atomic mass is 10.2. The van der Waals surface area contributed by atoms with Crippen LogP contribution in [0.25, 0.3) is 0 Å². The average molecular weight is 322 g/mol. The Bertz CT molecular complexity index is 601. The molecular formula is C14H14N2O7. The van der Waals surface area contributed by atoms with E-state index in [0.717, 1.165) is 0 Å². The van der Waals surface area contributed by atoms with E-state index in [2.05, 4.69) is 4.84 Å². The molecule has 0 bridgehead atoms. The largest absolute Gasteiger partial charge is 0.463 e. The Hall–Kier alpha value is -2.94. The molecule has 1 heterocycles. The second-order valence-electron chi connectivity index (χ2n) is 4.62. The van der Waals surface area contributed by atoms with Crippen LogP contribution in [0, 0.1) is 0 Å². The fourth-order valence-electron chi connectivity index (χ4n) is 1.80. The van der Waals surface area contributed by atoms with Gasteiger partial charge in [-0.15, -0.1) is 5.06 Å². The topological polar surface area (TPSA) is 113 Å². The summed E-state index contributed by atoms with van der Waals surface area (Å²) in [5.74, 6) is -2.38. The number of amides is 3. The second-order valence-corrected chi connectivity index (χ2v) is 4.62. The molecule has 0 aliphatic carbocycles. The zero-order valence-corrected chi connectivity index (χ0v) is 12.0. The SMILES string of the molecule is O=C(CN(OCc1ccccc1)C(=O)O)ON1C(=O)CCC1=O. The van der Waals surface area contributed by atoms with Gasteiger partial charge in [-0.1, -0.05) is 30.3 Å². The van der Waals surface area contributed by atoms with Crippen molar-refractivity contribution in [3.63, 3.8) is 0 Å². The Labute approximate surface area is 130 Å². The molecule has 3 amide bonds. The standard InChI is InChI=1S/C14H14N2O7/c17-11-6-7-12(18)16(11)23-13(19)8-15(14(20)21)22-9-10-4-2-1-3-5-10/h1-5H,6-9H2,(H,20,21). The summed E-state index contributed by atoms with van der Waals surface area (Å²) in [5, 5.41) is 9.73. The van der Waals surface area contributed by atoms with E-state index in [-0.39, 0.29) is 19.4 Å². The molecule has 1 aromatic rings. The number of carbonyl (C=O) groups is 4. The van der Waals surface area contributed by atoms with Crippen molar-refractivity contribution < 1.29 is 34.0 Å². The summed E-state index contributed by atoms with van der Waals surface area (Å²) in [5.41, 5.74) is 0.706. The van der Waals surface area contributed by atoms with Gasteiger partial charge in [-0.3, -0.25) is 14.4 Å². The van der Waals surface area contributed by atoms with Gasteiger partial charge in [0.05, 0.1) is 0 Å². The highest BCUT2D eigenvalue weighted by Gasteiger charge is 2.33. The lowest BCUT2D eigenvalue weighted by Crippen LogP contribution is -2.39. The fourth-order valence-corrected chi connectivity index (χ4v) is 1.80. The average Bonchev–Trinajstić information content (AvgIpc) is 2.84. The number of hydrogen-bond acceptors (Lipinski definition) is 6. The molecule has 1 aliphatic rings. The fraction of sp³-hybridized carbons (Fsp3) is 0.286. The predicted octanol–water partition coefficient (Wildman–Crippen LogP) is 0.705. The van der Waals surface area contributed by atoms with Gasteiger partial charge in [-0.05, 0) is 5.56 Å². The molecule has 1 aliphatic heterocycles. The summed E-state index contributed by atoms with van der Waals surface area (Å²) >= 11 is 0. The summed E-state index contributed by atoms with van der Waals surface area (Å²) in [6.45, 7) is -0.846. The number of benzene rings is 1. The number of nitrogens with zero attached hydrogens (tertiary/aromatic N) is 2. The number of imide groups is 1. The van der Waals surface area contributed by atoms with Crippen LogP contribution < -0.4 is 0 Å². The first-order valence-electron chi connectivity index (χ1n) is 6.71. The Morgan fingerprint density at radius 3 is 2.30 bits per heavy atom. The summed E-state index contributed by atoms with van der Waals surface area (Å²) in [7, 11) is 0. The van der Waals surface area contributed by atoms with Crippen LogP contribution in [0.1, 0.15) is 18.4 Å². The third-order valence-electron chi connectivity index (χ3n) is 2.91. The van der Waals surface area contributed by atoms with Crippen molar-refractivity contribution in [2.45, 2.75) is 19.4 Å². The Kier molecular flexibility index (Phi) is 5.26. The van der Waals surface area contributed by atoms with Gasteiger partial charge in [0.15, 0.2) is 6.54 Å². The van der Waals surface area contributed by atoms with E-state index >= 15 is 0 Å². The van der Waals surface area contributed by atoms with Crippen molar-refractivity contribution in [2.24, 2.45) is 0 Å². The van der Waals surface area contributed by atoms with E-state index in [1.165, 1.54) is 0 Å². The van der Waals surface area contributed by atoms with Crippen LogP contribution in [0.15, 0.2) is 30.3 Å². The summed E-state index contributed by atoms with van der Waals surface area (Å²) in [4.78, 5) is 55.0. The third-order valence-corrected chi connectivity index (χ3v) is 2.91. The molecule has 0 spiro atoms. The Balaban J connectivity index is 1.88. The minimum atomic E-state index is -1.50. The first-order chi connectivity index (χ1) is 11.0. The minimum absolute atomic E-state index is 0.0424. The highest BCUT2D eigenvalue weighted by molar-refractivity contribution is 6.01. The van der Waals surface area contributed by atoms with Crippen molar-refractivity contribution in [2.75, 3.05) is 6.54 Å². The van der Waals surface area contributed by atoms with E-state index < -0.39 is 30.4 Å². The first-order valence-corrected chi connectivity index (χ1v) is 6.71. The van der Waals surface area contributed by atoms with Crippen LogP contribution in [0.2, 0.25) is 0 Å². The monoisotopic (exact) mass is 322 g/mol. The van der Waals surface area contributed by atoms with Gasteiger partial charge in [0, 0.05) is 12.8 Å². The van der Waals surface area contributed by atoms with Gasteiger partial charge < -0.3 is 9.94 Å². The zero-order valence-electron chi connectivity index (χ0n) is 12.0. The number of hydrogen-bond donors (Lipinski definition) is 1. The van der Waals surface area contributed by atoms with Gasteiger partial charge in [0.1, 0.15) is 6.61 Å². The van der Waals surface area contributed by atoms with Crippen LogP contribution >= 0.6 is 0 Å². The lowest BCUT2D eigenvalue weighted by Gasteiger charge is -2.19. The molecule has 0 radical (unpaired) electrons. The maximum absolute atomic E-state index is 11.7. The normalized spacial score (nSPS) is 14.0. The van der Waals surface area contributed by atoms with Gasteiger partial charge >= 0.3 is 12.1 Å². The smallest absolute Gasteiger partial charge is 0.432 e. The number of carbonyl (C=O) groups excluding carboxylic acids is 3. The summed E-state index contributed by atoms with van der Waals surface area (Å²) in [6.07, 6.45) is -1.59. The van der Waals surface area contributed by atoms with Gasteiger partial charge in [-0.25, -0.2) is 9.59 Å². The molecular weight excluding hydrogens is 308 g/mol. The van der Waals surface area contributed by atoms with Crippen LogP contribution in [0.4, 0.5) is 4.79 Å². The van der Waals surface area contributed by atoms with Crippen molar-refractivity contribution in [3.8, 4) is 0 Å². The first kappa shape index (κ1) is 16.4. The van der Waals surface area contributed by atoms with Crippen LogP contribution in [0.5, 0.6) is 0 Å². The lowest BCUT2D eigenvalue weighted by molar-refractivity contribution is -0.206. The summed E-state index contributed by atoms with van der Waals surface area (Å²) < 4.78 is 0. The maximum Gasteiger partial charge on any atom is 0.432 e. The molecule has 0 unspecified atom stereocenters. The highest BCUT2D eigenvalue weighted by atomic mass is 16.7. The van der Waals surface area contributed by atoms with E-state index in [1.54, 1.807) is 30.3 Å². The molecule has 1 N–H and O–H groups in total. The quantitative estimate of drug-likeness (QED) is 0.606. The van der Waals surface area contributed by atoms with Crippen LogP contribution in [-0.2, 0) is 30.7 Å². The van der Waals surface area contributed by atoms with E-state index in [1.807, 2.05) is 0 Å². The second kappa shape index (κ2) is 7.36. The Morgan fingerprint density at radius 2 is 1.74 bits per heavy atom. The maximum atomic E-state index is 11.7. The number of rotatable bonds is 6. The van der Waals surface area contributed by atoms with Crippen molar-refractivity contribution in [1.82, 2.24) is 10.1 Å². The van der Waals surface area contributed by atoms with Crippen molar-refractivity contribution >= 4 is 23.9 Å². The van der Waals surface area contributed by atoms with E-state index in [9.17, 15) is 19.2 Å². The number of carboxylic acid groups (broad SMARTS) is 1. The Morgan fingerprint density at radius 1 is 1.13 bits per heavy atom. The van der Waals surface area contributed by atoms with Crippen LogP contribution in [0.3, 0.4) is 0 Å². The van der Waals surface area contributed by atoms with Crippen LogP contribution in [-0.4, -0.2) is 45.7 Å². The molecule has 9 heteroatoms. The molecule has 0 atom stereocenters. The molecule has 23 heavy (non-hydrogen) atoms. The molecule has 1 fully saturated rings. The molecule has 9 nitrogen and oxygen atoms in total. The molecule has 1 saturated heterocycles. The predicted molar refractivity (Wildman–Crippen MR) is 73.1 cm³/mol. The third kappa shape index (κ3) is 4.51. The summed E-state index contributed by atoms with van der Waals surface area (Å²) in [6, 6.07) is 8.74. The zero-order chi connectivity index (χ0) is 16.8. The highest BCUT2D eigenvalue weighted by Crippen LogP contribution is 2.12. The molecule has 2 rings (SSSR count). The van der Waals surface area contributed by atoms with E-state index in [0.29, 0.717) is 15.7 Å². The van der Waals surface area contributed by atoms with Crippen molar-refractivity contribution in [3.05, 3.63) is 35.9 Å². The number of hydroxylamine groups is 4. The molecule has 0 aromatic heterocycles. The molecule has 0 saturated carbocycles. The molecule has 122 valence electrons. The molecule has 1 aromatic carbocycles. The van der Waals surface area contributed by atoms with E-state index in [4.69, 9.17) is 9.94 Å². The van der Waals surface area contributed by atoms with Gasteiger partial charge in [0.2, 0.25) is 0 Å². The van der Waals surface area contributed by atoms with Crippen molar-refractivity contribution in [1.29, 1.82) is 0 Å². The van der Waals surface area contributed by atoms with Gasteiger partial charge in [-0.2, -0.15) is 5.06 Å². The van der Waals surface area contributed by atoms with Gasteiger partial charge in [0.25, 0.3) is 11.8 Å². The minimum Gasteiger partial charge on any atom is -0.463 e.